The quantitative estimate of drug-likeness (QED) is 0.712. The van der Waals surface area contributed by atoms with E-state index in [-0.39, 0.29) is 23.9 Å². The number of aromatic nitrogens is 1. The molecule has 2 N–H and O–H groups in total. The molecule has 2 heterocycles. The number of hydrogen-bond donors (Lipinski definition) is 2. The molecule has 0 aliphatic carbocycles. The topological polar surface area (TPSA) is 93.5 Å². The van der Waals surface area contributed by atoms with Gasteiger partial charge in [0.15, 0.2) is 0 Å². The molecule has 3 aromatic rings. The molecule has 0 radical (unpaired) electrons. The molecule has 0 aliphatic heterocycles. The second kappa shape index (κ2) is 7.98. The summed E-state index contributed by atoms with van der Waals surface area (Å²) in [5.74, 6) is 0.635. The number of rotatable bonds is 6. The Hall–Kier alpha value is -3.61. The van der Waals surface area contributed by atoms with Crippen LogP contribution in [0.5, 0.6) is 5.75 Å². The Bertz CT molecular complexity index is 889. The van der Waals surface area contributed by atoms with Gasteiger partial charge in [0.05, 0.1) is 31.0 Å². The summed E-state index contributed by atoms with van der Waals surface area (Å²) in [6, 6.07) is 11.9. The molecule has 0 atom stereocenters. The number of pyridine rings is 1. The molecule has 0 fully saturated rings. The maximum absolute atomic E-state index is 12.4. The van der Waals surface area contributed by atoms with Gasteiger partial charge in [-0.05, 0) is 42.5 Å². The standard InChI is InChI=1S/C19H17N3O4/c1-25-16-6-4-15(5-7-16)22-19(24)14-9-13(10-20-11-14)18(23)21-12-17-3-2-8-26-17/h2-11H,12H2,1H3,(H,21,23)(H,22,24). The lowest BCUT2D eigenvalue weighted by atomic mass is 10.1. The van der Waals surface area contributed by atoms with E-state index in [1.54, 1.807) is 43.5 Å². The van der Waals surface area contributed by atoms with E-state index in [1.807, 2.05) is 0 Å². The van der Waals surface area contributed by atoms with E-state index in [2.05, 4.69) is 15.6 Å². The van der Waals surface area contributed by atoms with Crippen LogP contribution in [0.15, 0.2) is 65.5 Å². The monoisotopic (exact) mass is 351 g/mol. The summed E-state index contributed by atoms with van der Waals surface area (Å²) in [6.45, 7) is 0.258. The molecular weight excluding hydrogens is 334 g/mol. The Morgan fingerprint density at radius 1 is 1.08 bits per heavy atom. The molecule has 2 aromatic heterocycles. The van der Waals surface area contributed by atoms with Crippen molar-refractivity contribution in [2.45, 2.75) is 6.54 Å². The molecule has 0 aliphatic rings. The summed E-state index contributed by atoms with van der Waals surface area (Å²) < 4.78 is 10.2. The van der Waals surface area contributed by atoms with E-state index < -0.39 is 0 Å². The lowest BCUT2D eigenvalue weighted by Gasteiger charge is -2.08. The number of nitrogens with one attached hydrogen (secondary N) is 2. The minimum Gasteiger partial charge on any atom is -0.497 e. The molecule has 0 bridgehead atoms. The number of furan rings is 1. The van der Waals surface area contributed by atoms with E-state index in [0.29, 0.717) is 22.8 Å². The number of nitrogens with zero attached hydrogens (tertiary/aromatic N) is 1. The first-order valence-corrected chi connectivity index (χ1v) is 7.87. The van der Waals surface area contributed by atoms with Crippen LogP contribution in [0.2, 0.25) is 0 Å². The van der Waals surface area contributed by atoms with Gasteiger partial charge in [0, 0.05) is 18.1 Å². The fourth-order valence-electron chi connectivity index (χ4n) is 2.25. The highest BCUT2D eigenvalue weighted by Gasteiger charge is 2.12. The van der Waals surface area contributed by atoms with Crippen molar-refractivity contribution >= 4 is 17.5 Å². The highest BCUT2D eigenvalue weighted by Crippen LogP contribution is 2.16. The number of carbonyl (C=O) groups excluding carboxylic acids is 2. The highest BCUT2D eigenvalue weighted by molar-refractivity contribution is 6.05. The number of carbonyl (C=O) groups is 2. The van der Waals surface area contributed by atoms with Crippen LogP contribution in [0.3, 0.4) is 0 Å². The Labute approximate surface area is 150 Å². The largest absolute Gasteiger partial charge is 0.497 e. The third-order valence-corrected chi connectivity index (χ3v) is 3.61. The smallest absolute Gasteiger partial charge is 0.257 e. The van der Waals surface area contributed by atoms with Crippen molar-refractivity contribution in [1.29, 1.82) is 0 Å². The maximum atomic E-state index is 12.4. The van der Waals surface area contributed by atoms with Gasteiger partial charge in [-0.25, -0.2) is 0 Å². The van der Waals surface area contributed by atoms with E-state index >= 15 is 0 Å². The van der Waals surface area contributed by atoms with Crippen LogP contribution in [0.4, 0.5) is 5.69 Å². The van der Waals surface area contributed by atoms with Gasteiger partial charge in [-0.1, -0.05) is 0 Å². The van der Waals surface area contributed by atoms with Crippen molar-refractivity contribution in [1.82, 2.24) is 10.3 Å². The third-order valence-electron chi connectivity index (χ3n) is 3.61. The fourth-order valence-corrected chi connectivity index (χ4v) is 2.25. The zero-order valence-corrected chi connectivity index (χ0v) is 14.1. The second-order valence-electron chi connectivity index (χ2n) is 5.41. The average Bonchev–Trinajstić information content (AvgIpc) is 3.20. The summed E-state index contributed by atoms with van der Waals surface area (Å²) in [7, 11) is 1.57. The summed E-state index contributed by atoms with van der Waals surface area (Å²) >= 11 is 0. The van der Waals surface area contributed by atoms with Gasteiger partial charge in [0.2, 0.25) is 0 Å². The van der Waals surface area contributed by atoms with Crippen LogP contribution in [-0.4, -0.2) is 23.9 Å². The fraction of sp³-hybridized carbons (Fsp3) is 0.105. The number of ether oxygens (including phenoxy) is 1. The Balaban J connectivity index is 1.65. The summed E-state index contributed by atoms with van der Waals surface area (Å²) in [6.07, 6.45) is 4.34. The minimum absolute atomic E-state index is 0.258. The molecule has 0 spiro atoms. The molecule has 1 aromatic carbocycles. The molecule has 0 unspecified atom stereocenters. The molecule has 26 heavy (non-hydrogen) atoms. The molecule has 132 valence electrons. The first-order chi connectivity index (χ1) is 12.7. The van der Waals surface area contributed by atoms with Crippen molar-refractivity contribution in [2.75, 3.05) is 12.4 Å². The Morgan fingerprint density at radius 3 is 2.46 bits per heavy atom. The van der Waals surface area contributed by atoms with Crippen LogP contribution in [0.1, 0.15) is 26.5 Å². The van der Waals surface area contributed by atoms with Crippen molar-refractivity contribution in [3.8, 4) is 5.75 Å². The van der Waals surface area contributed by atoms with Crippen molar-refractivity contribution in [2.24, 2.45) is 0 Å². The zero-order valence-electron chi connectivity index (χ0n) is 14.1. The number of amides is 2. The van der Waals surface area contributed by atoms with Crippen molar-refractivity contribution in [3.63, 3.8) is 0 Å². The van der Waals surface area contributed by atoms with Gasteiger partial charge in [0.25, 0.3) is 11.8 Å². The number of benzene rings is 1. The molecule has 0 saturated carbocycles. The minimum atomic E-state index is -0.358. The van der Waals surface area contributed by atoms with Crippen LogP contribution < -0.4 is 15.4 Å². The molecule has 0 saturated heterocycles. The van der Waals surface area contributed by atoms with Gasteiger partial charge < -0.3 is 19.8 Å². The second-order valence-corrected chi connectivity index (χ2v) is 5.41. The lowest BCUT2D eigenvalue weighted by Crippen LogP contribution is -2.23. The zero-order chi connectivity index (χ0) is 18.4. The van der Waals surface area contributed by atoms with Gasteiger partial charge in [-0.15, -0.1) is 0 Å². The first kappa shape index (κ1) is 17.2. The van der Waals surface area contributed by atoms with Gasteiger partial charge in [0.1, 0.15) is 11.5 Å². The van der Waals surface area contributed by atoms with Crippen LogP contribution in [0.25, 0.3) is 0 Å². The summed E-state index contributed by atoms with van der Waals surface area (Å²) in [4.78, 5) is 28.5. The number of methoxy groups -OCH3 is 1. The normalized spacial score (nSPS) is 10.2. The van der Waals surface area contributed by atoms with Crippen LogP contribution >= 0.6 is 0 Å². The average molecular weight is 351 g/mol. The molecular formula is C19H17N3O4. The number of anilines is 1. The van der Waals surface area contributed by atoms with Crippen LogP contribution in [0, 0.1) is 0 Å². The summed E-state index contributed by atoms with van der Waals surface area (Å²) in [5, 5.41) is 5.46. The van der Waals surface area contributed by atoms with Gasteiger partial charge in [-0.3, -0.25) is 14.6 Å². The van der Waals surface area contributed by atoms with Crippen molar-refractivity contribution in [3.05, 3.63) is 78.0 Å². The van der Waals surface area contributed by atoms with E-state index in [4.69, 9.17) is 9.15 Å². The van der Waals surface area contributed by atoms with Gasteiger partial charge in [-0.2, -0.15) is 0 Å². The summed E-state index contributed by atoms with van der Waals surface area (Å²) in [5.41, 5.74) is 1.19. The Morgan fingerprint density at radius 2 is 1.81 bits per heavy atom. The van der Waals surface area contributed by atoms with E-state index in [9.17, 15) is 9.59 Å². The SMILES string of the molecule is COc1ccc(NC(=O)c2cncc(C(=O)NCc3ccco3)c2)cc1. The lowest BCUT2D eigenvalue weighted by molar-refractivity contribution is 0.0947. The van der Waals surface area contributed by atoms with Crippen LogP contribution in [-0.2, 0) is 6.54 Å². The predicted molar refractivity (Wildman–Crippen MR) is 95.1 cm³/mol. The Kier molecular flexibility index (Phi) is 5.28. The molecule has 7 nitrogen and oxygen atoms in total. The molecule has 3 rings (SSSR count). The number of hydrogen-bond acceptors (Lipinski definition) is 5. The first-order valence-electron chi connectivity index (χ1n) is 7.87. The van der Waals surface area contributed by atoms with Crippen molar-refractivity contribution < 1.29 is 18.7 Å². The van der Waals surface area contributed by atoms with Gasteiger partial charge >= 0.3 is 0 Å². The predicted octanol–water partition coefficient (Wildman–Crippen LogP) is 2.87. The maximum Gasteiger partial charge on any atom is 0.257 e. The molecule has 7 heteroatoms. The highest BCUT2D eigenvalue weighted by atomic mass is 16.5. The van der Waals surface area contributed by atoms with E-state index in [0.717, 1.165) is 0 Å². The van der Waals surface area contributed by atoms with E-state index in [1.165, 1.54) is 24.7 Å². The third kappa shape index (κ3) is 4.27. The molecule has 2 amide bonds.